The predicted octanol–water partition coefficient (Wildman–Crippen LogP) is 3.71. The average Bonchev–Trinajstić information content (AvgIpc) is 2.75. The Morgan fingerprint density at radius 1 is 1.00 bits per heavy atom. The van der Waals surface area contributed by atoms with Gasteiger partial charge in [0.25, 0.3) is 0 Å². The summed E-state index contributed by atoms with van der Waals surface area (Å²) < 4.78 is 8.64. The summed E-state index contributed by atoms with van der Waals surface area (Å²) in [6.07, 6.45) is -2.08. The zero-order valence-corrected chi connectivity index (χ0v) is 13.4. The number of hydrogen-bond acceptors (Lipinski definition) is 2. The topological polar surface area (TPSA) is 12.5 Å². The maximum Gasteiger partial charge on any atom is 0.162 e. The molecule has 0 N–H and O–H groups in total. The summed E-state index contributed by atoms with van der Waals surface area (Å²) in [5.41, 5.74) is 1.20. The van der Waals surface area contributed by atoms with Gasteiger partial charge in [-0.2, -0.15) is 0 Å². The van der Waals surface area contributed by atoms with E-state index in [0.717, 1.165) is 5.30 Å². The number of likely N-dealkylation sites (N-methyl/N-ethyl adjacent to an activating group) is 1. The first-order valence-corrected chi connectivity index (χ1v) is 9.42. The third-order valence-corrected chi connectivity index (χ3v) is 8.23. The van der Waals surface area contributed by atoms with E-state index in [1.54, 1.807) is 0 Å². The first-order valence-electron chi connectivity index (χ1n) is 6.75. The van der Waals surface area contributed by atoms with Gasteiger partial charge in [-0.1, -0.05) is 60.7 Å². The Bertz CT molecular complexity index is 631. The van der Waals surface area contributed by atoms with Crippen molar-refractivity contribution in [3.63, 3.8) is 0 Å². The summed E-state index contributed by atoms with van der Waals surface area (Å²) >= 11 is 5.92. The van der Waals surface area contributed by atoms with Gasteiger partial charge < -0.3 is 4.52 Å². The van der Waals surface area contributed by atoms with E-state index in [1.807, 2.05) is 24.3 Å². The molecule has 3 rings (SSSR count). The second-order valence-corrected chi connectivity index (χ2v) is 8.99. The van der Waals surface area contributed by atoms with E-state index < -0.39 is 6.42 Å². The highest BCUT2D eigenvalue weighted by molar-refractivity contribution is 8.14. The van der Waals surface area contributed by atoms with E-state index >= 15 is 0 Å². The highest BCUT2D eigenvalue weighted by Crippen LogP contribution is 2.61. The fraction of sp³-hybridized carbons (Fsp3) is 0.250. The van der Waals surface area contributed by atoms with Crippen molar-refractivity contribution in [3.05, 3.63) is 66.2 Å². The lowest BCUT2D eigenvalue weighted by atomic mass is 10.0. The summed E-state index contributed by atoms with van der Waals surface area (Å²) in [6, 6.07) is 20.9. The molecule has 20 heavy (non-hydrogen) atoms. The van der Waals surface area contributed by atoms with Gasteiger partial charge in [-0.25, -0.2) is 4.67 Å². The molecule has 1 heterocycles. The summed E-state index contributed by atoms with van der Waals surface area (Å²) in [6.45, 7) is 2.19. The lowest BCUT2D eigenvalue weighted by molar-refractivity contribution is 0.218. The molecular weight excluding hydrogens is 285 g/mol. The molecule has 0 spiro atoms. The Morgan fingerprint density at radius 3 is 2.15 bits per heavy atom. The van der Waals surface area contributed by atoms with Crippen molar-refractivity contribution in [2.75, 3.05) is 7.05 Å². The minimum Gasteiger partial charge on any atom is -0.325 e. The highest BCUT2D eigenvalue weighted by atomic mass is 32.4. The van der Waals surface area contributed by atoms with Gasteiger partial charge in [-0.3, -0.25) is 0 Å². The standard InChI is InChI=1S/C16H18NOPS/c1-13-16(14-9-5-3-6-10-14)18-19(20,17(13)2)15-11-7-4-8-12-15/h3-13,16H,1-2H3/t13-,16-,19-/m0/s1. The van der Waals surface area contributed by atoms with E-state index in [9.17, 15) is 0 Å². The molecular formula is C16H18NOPS. The van der Waals surface area contributed by atoms with Crippen LogP contribution >= 0.6 is 6.42 Å². The minimum absolute atomic E-state index is 0.0484. The number of nitrogens with zero attached hydrogens (tertiary/aromatic N) is 1. The van der Waals surface area contributed by atoms with Gasteiger partial charge in [-0.05, 0) is 31.3 Å². The average molecular weight is 303 g/mol. The van der Waals surface area contributed by atoms with Crippen LogP contribution < -0.4 is 5.30 Å². The monoisotopic (exact) mass is 303 g/mol. The maximum absolute atomic E-state index is 6.40. The second kappa shape index (κ2) is 5.42. The Hall–Kier alpha value is -0.990. The quantitative estimate of drug-likeness (QED) is 0.785. The number of rotatable bonds is 2. The molecule has 0 amide bonds. The molecule has 0 aliphatic carbocycles. The van der Waals surface area contributed by atoms with E-state index in [0.29, 0.717) is 0 Å². The highest BCUT2D eigenvalue weighted by Gasteiger charge is 2.43. The minimum atomic E-state index is -2.12. The van der Waals surface area contributed by atoms with Crippen LogP contribution in [0.1, 0.15) is 18.6 Å². The Morgan fingerprint density at radius 2 is 1.55 bits per heavy atom. The molecule has 0 aromatic heterocycles. The molecule has 0 radical (unpaired) electrons. The lowest BCUT2D eigenvalue weighted by Crippen LogP contribution is -2.25. The van der Waals surface area contributed by atoms with Crippen LogP contribution in [0.4, 0.5) is 0 Å². The van der Waals surface area contributed by atoms with Crippen molar-refractivity contribution < 1.29 is 4.52 Å². The predicted molar refractivity (Wildman–Crippen MR) is 87.9 cm³/mol. The SMILES string of the molecule is C[C@H]1[C@@H](c2ccccc2)O[P@](=S)(c2ccccc2)N1C. The third-order valence-electron chi connectivity index (χ3n) is 3.91. The van der Waals surface area contributed by atoms with Gasteiger partial charge in [0, 0.05) is 11.3 Å². The van der Waals surface area contributed by atoms with Gasteiger partial charge in [0.05, 0.1) is 0 Å². The molecule has 1 aliphatic rings. The molecule has 104 valence electrons. The zero-order chi connectivity index (χ0) is 14.2. The van der Waals surface area contributed by atoms with Gasteiger partial charge in [0.2, 0.25) is 0 Å². The summed E-state index contributed by atoms with van der Waals surface area (Å²) in [7, 11) is 2.08. The maximum atomic E-state index is 6.40. The van der Waals surface area contributed by atoms with Crippen molar-refractivity contribution in [1.29, 1.82) is 0 Å². The van der Waals surface area contributed by atoms with Crippen molar-refractivity contribution in [3.8, 4) is 0 Å². The van der Waals surface area contributed by atoms with Crippen molar-refractivity contribution in [2.24, 2.45) is 0 Å². The van der Waals surface area contributed by atoms with Crippen LogP contribution in [-0.2, 0) is 16.3 Å². The second-order valence-electron chi connectivity index (χ2n) is 5.11. The first kappa shape index (κ1) is 14.0. The molecule has 1 fully saturated rings. The van der Waals surface area contributed by atoms with Crippen LogP contribution in [0.5, 0.6) is 0 Å². The zero-order valence-electron chi connectivity index (χ0n) is 11.6. The van der Waals surface area contributed by atoms with Gasteiger partial charge >= 0.3 is 0 Å². The molecule has 1 saturated heterocycles. The summed E-state index contributed by atoms with van der Waals surface area (Å²) in [5, 5.41) is 1.13. The molecule has 2 nitrogen and oxygen atoms in total. The Balaban J connectivity index is 1.99. The Kier molecular flexibility index (Phi) is 3.78. The van der Waals surface area contributed by atoms with E-state index in [1.165, 1.54) is 5.56 Å². The van der Waals surface area contributed by atoms with E-state index in [2.05, 4.69) is 55.0 Å². The molecule has 3 atom stereocenters. The molecule has 0 unspecified atom stereocenters. The molecule has 2 aromatic rings. The normalized spacial score (nSPS) is 30.5. The van der Waals surface area contributed by atoms with Gasteiger partial charge in [0.1, 0.15) is 6.10 Å². The van der Waals surface area contributed by atoms with Crippen LogP contribution in [0.2, 0.25) is 0 Å². The Labute approximate surface area is 125 Å². The summed E-state index contributed by atoms with van der Waals surface area (Å²) in [4.78, 5) is 0. The summed E-state index contributed by atoms with van der Waals surface area (Å²) in [5.74, 6) is 0. The number of hydrogen-bond donors (Lipinski definition) is 0. The fourth-order valence-corrected chi connectivity index (χ4v) is 6.07. The third kappa shape index (κ3) is 2.25. The van der Waals surface area contributed by atoms with Crippen molar-refractivity contribution >= 4 is 23.5 Å². The van der Waals surface area contributed by atoms with Crippen molar-refractivity contribution in [2.45, 2.75) is 19.1 Å². The van der Waals surface area contributed by atoms with E-state index in [-0.39, 0.29) is 12.1 Å². The lowest BCUT2D eigenvalue weighted by Gasteiger charge is -2.24. The smallest absolute Gasteiger partial charge is 0.162 e. The molecule has 0 saturated carbocycles. The first-order chi connectivity index (χ1) is 9.63. The fourth-order valence-electron chi connectivity index (χ4n) is 2.59. The van der Waals surface area contributed by atoms with Crippen molar-refractivity contribution in [1.82, 2.24) is 4.67 Å². The van der Waals surface area contributed by atoms with Crippen LogP contribution in [0.25, 0.3) is 0 Å². The van der Waals surface area contributed by atoms with E-state index in [4.69, 9.17) is 16.3 Å². The molecule has 2 aromatic carbocycles. The van der Waals surface area contributed by atoms with Gasteiger partial charge in [0.15, 0.2) is 6.42 Å². The molecule has 1 aliphatic heterocycles. The van der Waals surface area contributed by atoms with Gasteiger partial charge in [-0.15, -0.1) is 0 Å². The molecule has 0 bridgehead atoms. The number of benzene rings is 2. The largest absolute Gasteiger partial charge is 0.325 e. The van der Waals surface area contributed by atoms with Crippen LogP contribution in [0.15, 0.2) is 60.7 Å². The van der Waals surface area contributed by atoms with Crippen LogP contribution in [0, 0.1) is 0 Å². The van der Waals surface area contributed by atoms with Crippen LogP contribution in [0.3, 0.4) is 0 Å². The van der Waals surface area contributed by atoms with Crippen LogP contribution in [-0.4, -0.2) is 17.8 Å². The molecule has 4 heteroatoms.